The Kier molecular flexibility index (Phi) is 6.90. The molecule has 1 aliphatic heterocycles. The highest BCUT2D eigenvalue weighted by Crippen LogP contribution is 2.24. The summed E-state index contributed by atoms with van der Waals surface area (Å²) in [6.45, 7) is 5.74. The summed E-state index contributed by atoms with van der Waals surface area (Å²) in [6, 6.07) is 16.3. The van der Waals surface area contributed by atoms with Gasteiger partial charge in [0, 0.05) is 45.1 Å². The predicted octanol–water partition coefficient (Wildman–Crippen LogP) is 3.26. The first-order chi connectivity index (χ1) is 13.5. The predicted molar refractivity (Wildman–Crippen MR) is 114 cm³/mol. The SMILES string of the molecule is Cc1ccc(NC(=O)NC[C@@H](c2ccc(N(C)C)cc2)N2CCOCC2)cc1. The van der Waals surface area contributed by atoms with Crippen LogP contribution in [0.4, 0.5) is 16.2 Å². The minimum absolute atomic E-state index is 0.115. The van der Waals surface area contributed by atoms with Gasteiger partial charge in [0.05, 0.1) is 19.3 Å². The van der Waals surface area contributed by atoms with Crippen molar-refractivity contribution in [3.8, 4) is 0 Å². The van der Waals surface area contributed by atoms with Crippen LogP contribution in [0.1, 0.15) is 17.2 Å². The Labute approximate surface area is 167 Å². The summed E-state index contributed by atoms with van der Waals surface area (Å²) in [6.07, 6.45) is 0. The second kappa shape index (κ2) is 9.57. The number of anilines is 2. The van der Waals surface area contributed by atoms with Crippen LogP contribution in [0.3, 0.4) is 0 Å². The van der Waals surface area contributed by atoms with Gasteiger partial charge in [0.2, 0.25) is 0 Å². The summed E-state index contributed by atoms with van der Waals surface area (Å²) in [5, 5.41) is 5.94. The standard InChI is InChI=1S/C22H30N4O2/c1-17-4-8-19(9-5-17)24-22(27)23-16-21(26-12-14-28-15-13-26)18-6-10-20(11-7-18)25(2)3/h4-11,21H,12-16H2,1-3H3,(H2,23,24,27)/t21-/m0/s1. The van der Waals surface area contributed by atoms with Crippen molar-refractivity contribution in [1.29, 1.82) is 0 Å². The Morgan fingerprint density at radius 1 is 1.07 bits per heavy atom. The second-order valence-electron chi connectivity index (χ2n) is 7.35. The van der Waals surface area contributed by atoms with E-state index in [4.69, 9.17) is 4.74 Å². The summed E-state index contributed by atoms with van der Waals surface area (Å²) in [4.78, 5) is 16.8. The number of carbonyl (C=O) groups excluding carboxylic acids is 1. The van der Waals surface area contributed by atoms with Gasteiger partial charge in [0.25, 0.3) is 0 Å². The Hall–Kier alpha value is -2.57. The molecule has 0 aliphatic carbocycles. The molecule has 1 atom stereocenters. The van der Waals surface area contributed by atoms with Crippen molar-refractivity contribution in [2.45, 2.75) is 13.0 Å². The van der Waals surface area contributed by atoms with E-state index in [1.807, 2.05) is 45.3 Å². The van der Waals surface area contributed by atoms with Gasteiger partial charge in [-0.1, -0.05) is 29.8 Å². The van der Waals surface area contributed by atoms with Crippen LogP contribution in [0.25, 0.3) is 0 Å². The van der Waals surface area contributed by atoms with Gasteiger partial charge in [-0.2, -0.15) is 0 Å². The highest BCUT2D eigenvalue weighted by Gasteiger charge is 2.23. The molecular weight excluding hydrogens is 352 g/mol. The molecule has 3 rings (SSSR count). The second-order valence-corrected chi connectivity index (χ2v) is 7.35. The lowest BCUT2D eigenvalue weighted by Crippen LogP contribution is -2.44. The zero-order chi connectivity index (χ0) is 19.9. The first-order valence-corrected chi connectivity index (χ1v) is 9.73. The fraction of sp³-hybridized carbons (Fsp3) is 0.409. The highest BCUT2D eigenvalue weighted by atomic mass is 16.5. The third-order valence-electron chi connectivity index (χ3n) is 5.05. The van der Waals surface area contributed by atoms with Gasteiger partial charge < -0.3 is 20.3 Å². The molecule has 1 saturated heterocycles. The van der Waals surface area contributed by atoms with Crippen molar-refractivity contribution in [3.05, 3.63) is 59.7 Å². The Balaban J connectivity index is 1.66. The number of rotatable bonds is 6. The number of hydrogen-bond donors (Lipinski definition) is 2. The van der Waals surface area contributed by atoms with Gasteiger partial charge in [0.15, 0.2) is 0 Å². The van der Waals surface area contributed by atoms with E-state index in [1.54, 1.807) is 0 Å². The van der Waals surface area contributed by atoms with Crippen LogP contribution >= 0.6 is 0 Å². The van der Waals surface area contributed by atoms with Crippen LogP contribution in [0, 0.1) is 6.92 Å². The molecule has 2 amide bonds. The lowest BCUT2D eigenvalue weighted by Gasteiger charge is -2.35. The van der Waals surface area contributed by atoms with Gasteiger partial charge in [0.1, 0.15) is 0 Å². The molecule has 6 nitrogen and oxygen atoms in total. The average Bonchev–Trinajstić information content (AvgIpc) is 2.71. The largest absolute Gasteiger partial charge is 0.379 e. The average molecular weight is 383 g/mol. The van der Waals surface area contributed by atoms with Crippen LogP contribution < -0.4 is 15.5 Å². The number of ether oxygens (including phenoxy) is 1. The molecule has 150 valence electrons. The van der Waals surface area contributed by atoms with Gasteiger partial charge in [-0.3, -0.25) is 4.90 Å². The van der Waals surface area contributed by atoms with E-state index in [1.165, 1.54) is 11.1 Å². The molecule has 1 heterocycles. The minimum Gasteiger partial charge on any atom is -0.379 e. The van der Waals surface area contributed by atoms with Crippen molar-refractivity contribution >= 4 is 17.4 Å². The van der Waals surface area contributed by atoms with Crippen LogP contribution in [-0.4, -0.2) is 57.9 Å². The molecule has 0 aromatic heterocycles. The summed E-state index contributed by atoms with van der Waals surface area (Å²) in [5.41, 5.74) is 4.32. The summed E-state index contributed by atoms with van der Waals surface area (Å²) in [5.74, 6) is 0. The number of carbonyl (C=O) groups is 1. The molecule has 0 radical (unpaired) electrons. The van der Waals surface area contributed by atoms with E-state index in [0.29, 0.717) is 6.54 Å². The zero-order valence-electron chi connectivity index (χ0n) is 16.9. The first-order valence-electron chi connectivity index (χ1n) is 9.73. The van der Waals surface area contributed by atoms with E-state index in [2.05, 4.69) is 44.7 Å². The van der Waals surface area contributed by atoms with Crippen molar-refractivity contribution in [3.63, 3.8) is 0 Å². The molecule has 0 unspecified atom stereocenters. The van der Waals surface area contributed by atoms with E-state index in [-0.39, 0.29) is 12.1 Å². The number of morpholine rings is 1. The molecule has 0 bridgehead atoms. The van der Waals surface area contributed by atoms with E-state index in [9.17, 15) is 4.79 Å². The number of urea groups is 1. The highest BCUT2D eigenvalue weighted by molar-refractivity contribution is 5.89. The van der Waals surface area contributed by atoms with Crippen molar-refractivity contribution < 1.29 is 9.53 Å². The molecule has 2 N–H and O–H groups in total. The van der Waals surface area contributed by atoms with Crippen LogP contribution in [0.2, 0.25) is 0 Å². The number of amides is 2. The van der Waals surface area contributed by atoms with E-state index in [0.717, 1.165) is 37.7 Å². The lowest BCUT2D eigenvalue weighted by atomic mass is 10.0. The molecule has 0 spiro atoms. The number of benzene rings is 2. The first kappa shape index (κ1) is 20.2. The maximum atomic E-state index is 12.4. The van der Waals surface area contributed by atoms with Crippen LogP contribution in [0.5, 0.6) is 0 Å². The number of hydrogen-bond acceptors (Lipinski definition) is 4. The Bertz CT molecular complexity index is 753. The molecule has 28 heavy (non-hydrogen) atoms. The quantitative estimate of drug-likeness (QED) is 0.805. The van der Waals surface area contributed by atoms with E-state index < -0.39 is 0 Å². The molecular formula is C22H30N4O2. The normalized spacial score (nSPS) is 15.7. The van der Waals surface area contributed by atoms with E-state index >= 15 is 0 Å². The van der Waals surface area contributed by atoms with Gasteiger partial charge in [-0.25, -0.2) is 4.79 Å². The maximum absolute atomic E-state index is 12.4. The smallest absolute Gasteiger partial charge is 0.319 e. The van der Waals surface area contributed by atoms with Crippen molar-refractivity contribution in [1.82, 2.24) is 10.2 Å². The number of nitrogens with zero attached hydrogens (tertiary/aromatic N) is 2. The molecule has 1 fully saturated rings. The van der Waals surface area contributed by atoms with Gasteiger partial charge >= 0.3 is 6.03 Å². The van der Waals surface area contributed by atoms with Crippen LogP contribution in [0.15, 0.2) is 48.5 Å². The maximum Gasteiger partial charge on any atom is 0.319 e. The topological polar surface area (TPSA) is 56.8 Å². The third-order valence-corrected chi connectivity index (χ3v) is 5.05. The molecule has 2 aromatic rings. The third kappa shape index (κ3) is 5.47. The zero-order valence-corrected chi connectivity index (χ0v) is 16.9. The molecule has 2 aromatic carbocycles. The van der Waals surface area contributed by atoms with Crippen LogP contribution in [-0.2, 0) is 4.74 Å². The minimum atomic E-state index is -0.188. The van der Waals surface area contributed by atoms with Crippen molar-refractivity contribution in [2.24, 2.45) is 0 Å². The molecule has 1 aliphatic rings. The molecule has 6 heteroatoms. The molecule has 0 saturated carbocycles. The summed E-state index contributed by atoms with van der Waals surface area (Å²) < 4.78 is 5.50. The number of nitrogens with one attached hydrogen (secondary N) is 2. The summed E-state index contributed by atoms with van der Waals surface area (Å²) in [7, 11) is 4.07. The van der Waals surface area contributed by atoms with Crippen molar-refractivity contribution in [2.75, 3.05) is 57.2 Å². The summed E-state index contributed by atoms with van der Waals surface area (Å²) >= 11 is 0. The Morgan fingerprint density at radius 2 is 1.71 bits per heavy atom. The fourth-order valence-corrected chi connectivity index (χ4v) is 3.34. The number of aryl methyl sites for hydroxylation is 1. The Morgan fingerprint density at radius 3 is 2.32 bits per heavy atom. The van der Waals surface area contributed by atoms with Gasteiger partial charge in [-0.05, 0) is 36.8 Å². The fourth-order valence-electron chi connectivity index (χ4n) is 3.34. The van der Waals surface area contributed by atoms with Gasteiger partial charge in [-0.15, -0.1) is 0 Å². The lowest BCUT2D eigenvalue weighted by molar-refractivity contribution is 0.0168. The monoisotopic (exact) mass is 382 g/mol.